The highest BCUT2D eigenvalue weighted by molar-refractivity contribution is 5.27. The molecule has 2 N–H and O–H groups in total. The molecule has 3 rings (SSSR count). The van der Waals surface area contributed by atoms with Gasteiger partial charge in [-0.05, 0) is 23.6 Å². The van der Waals surface area contributed by atoms with Gasteiger partial charge in [0, 0.05) is 6.04 Å². The quantitative estimate of drug-likeness (QED) is 0.683. The van der Waals surface area contributed by atoms with E-state index in [1.807, 2.05) is 66.7 Å². The summed E-state index contributed by atoms with van der Waals surface area (Å²) in [6, 6.07) is 30.2. The second-order valence-electron chi connectivity index (χ2n) is 6.04. The molecule has 2 nitrogen and oxygen atoms in total. The van der Waals surface area contributed by atoms with Crippen LogP contribution in [-0.4, -0.2) is 5.11 Å². The van der Waals surface area contributed by atoms with Crippen LogP contribution in [0.15, 0.2) is 91.0 Å². The molecule has 0 radical (unpaired) electrons. The van der Waals surface area contributed by atoms with Crippen LogP contribution in [0.2, 0.25) is 0 Å². The van der Waals surface area contributed by atoms with E-state index in [2.05, 4.69) is 36.5 Å². The van der Waals surface area contributed by atoms with Gasteiger partial charge in [-0.3, -0.25) is 0 Å². The molecule has 3 aromatic carbocycles. The lowest BCUT2D eigenvalue weighted by Crippen LogP contribution is -2.29. The molecule has 0 aliphatic rings. The molecule has 0 heterocycles. The van der Waals surface area contributed by atoms with Crippen molar-refractivity contribution in [1.29, 1.82) is 0 Å². The van der Waals surface area contributed by atoms with Crippen molar-refractivity contribution in [3.05, 3.63) is 108 Å². The molecule has 0 aromatic heterocycles. The fourth-order valence-corrected chi connectivity index (χ4v) is 2.98. The summed E-state index contributed by atoms with van der Waals surface area (Å²) in [6.45, 7) is 2.13. The summed E-state index contributed by atoms with van der Waals surface area (Å²) < 4.78 is 0. The van der Waals surface area contributed by atoms with Crippen LogP contribution in [0.4, 0.5) is 0 Å². The molecular weight excluding hydrogens is 294 g/mol. The minimum Gasteiger partial charge on any atom is -0.386 e. The van der Waals surface area contributed by atoms with Crippen LogP contribution >= 0.6 is 0 Å². The van der Waals surface area contributed by atoms with Gasteiger partial charge < -0.3 is 10.4 Å². The SMILES string of the molecule is C[C@@H](N[C@H](c1ccccc1)[C@@H](O)c1ccccc1)c1ccccc1. The Morgan fingerprint density at radius 1 is 0.625 bits per heavy atom. The summed E-state index contributed by atoms with van der Waals surface area (Å²) in [5, 5.41) is 14.6. The lowest BCUT2D eigenvalue weighted by molar-refractivity contribution is 0.123. The molecule has 0 saturated carbocycles. The molecule has 0 amide bonds. The van der Waals surface area contributed by atoms with Crippen LogP contribution in [0, 0.1) is 0 Å². The molecule has 0 saturated heterocycles. The van der Waals surface area contributed by atoms with Crippen molar-refractivity contribution in [3.63, 3.8) is 0 Å². The molecule has 122 valence electrons. The first kappa shape index (κ1) is 16.4. The number of aliphatic hydroxyl groups is 1. The number of hydrogen-bond donors (Lipinski definition) is 2. The van der Waals surface area contributed by atoms with Gasteiger partial charge in [0.15, 0.2) is 0 Å². The maximum Gasteiger partial charge on any atom is 0.0984 e. The van der Waals surface area contributed by atoms with E-state index < -0.39 is 6.10 Å². The molecule has 0 aliphatic heterocycles. The first-order valence-corrected chi connectivity index (χ1v) is 8.34. The Morgan fingerprint density at radius 2 is 1.04 bits per heavy atom. The minimum absolute atomic E-state index is 0.134. The predicted molar refractivity (Wildman–Crippen MR) is 98.6 cm³/mol. The number of benzene rings is 3. The van der Waals surface area contributed by atoms with Crippen LogP contribution in [-0.2, 0) is 0 Å². The molecule has 0 bridgehead atoms. The Balaban J connectivity index is 1.88. The molecule has 2 heteroatoms. The average Bonchev–Trinajstić information content (AvgIpc) is 2.67. The maximum absolute atomic E-state index is 11.0. The van der Waals surface area contributed by atoms with Gasteiger partial charge in [-0.2, -0.15) is 0 Å². The van der Waals surface area contributed by atoms with Gasteiger partial charge in [0.25, 0.3) is 0 Å². The summed E-state index contributed by atoms with van der Waals surface area (Å²) in [5.41, 5.74) is 3.20. The van der Waals surface area contributed by atoms with E-state index in [1.54, 1.807) is 0 Å². The third-order valence-electron chi connectivity index (χ3n) is 4.34. The van der Waals surface area contributed by atoms with Crippen LogP contribution in [0.3, 0.4) is 0 Å². The first-order chi connectivity index (χ1) is 11.8. The zero-order valence-electron chi connectivity index (χ0n) is 13.8. The number of nitrogens with one attached hydrogen (secondary N) is 1. The van der Waals surface area contributed by atoms with Gasteiger partial charge in [-0.25, -0.2) is 0 Å². The molecule has 3 aromatic rings. The maximum atomic E-state index is 11.0. The van der Waals surface area contributed by atoms with Gasteiger partial charge in [0.05, 0.1) is 12.1 Å². The van der Waals surface area contributed by atoms with Crippen molar-refractivity contribution in [3.8, 4) is 0 Å². The molecule has 0 spiro atoms. The van der Waals surface area contributed by atoms with Gasteiger partial charge >= 0.3 is 0 Å². The third-order valence-corrected chi connectivity index (χ3v) is 4.34. The highest BCUT2D eigenvalue weighted by Gasteiger charge is 2.24. The average molecular weight is 317 g/mol. The van der Waals surface area contributed by atoms with Gasteiger partial charge in [0.2, 0.25) is 0 Å². The summed E-state index contributed by atoms with van der Waals surface area (Å²) in [5.74, 6) is 0. The summed E-state index contributed by atoms with van der Waals surface area (Å²) in [7, 11) is 0. The van der Waals surface area contributed by atoms with E-state index in [0.29, 0.717) is 0 Å². The Hall–Kier alpha value is -2.42. The van der Waals surface area contributed by atoms with Crippen LogP contribution in [0.25, 0.3) is 0 Å². The fourth-order valence-electron chi connectivity index (χ4n) is 2.98. The Morgan fingerprint density at radius 3 is 1.54 bits per heavy atom. The van der Waals surface area contributed by atoms with Crippen molar-refractivity contribution < 1.29 is 5.11 Å². The number of rotatable bonds is 6. The fraction of sp³-hybridized carbons (Fsp3) is 0.182. The summed E-state index contributed by atoms with van der Waals surface area (Å²) in [4.78, 5) is 0. The van der Waals surface area contributed by atoms with E-state index in [-0.39, 0.29) is 12.1 Å². The second-order valence-corrected chi connectivity index (χ2v) is 6.04. The van der Waals surface area contributed by atoms with Crippen LogP contribution < -0.4 is 5.32 Å². The van der Waals surface area contributed by atoms with Crippen LogP contribution in [0.1, 0.15) is 41.8 Å². The van der Waals surface area contributed by atoms with Gasteiger partial charge in [0.1, 0.15) is 0 Å². The second kappa shape index (κ2) is 7.91. The van der Waals surface area contributed by atoms with Gasteiger partial charge in [-0.15, -0.1) is 0 Å². The highest BCUT2D eigenvalue weighted by Crippen LogP contribution is 2.31. The van der Waals surface area contributed by atoms with Crippen molar-refractivity contribution in [1.82, 2.24) is 5.32 Å². The standard InChI is InChI=1S/C22H23NO/c1-17(18-11-5-2-6-12-18)23-21(19-13-7-3-8-14-19)22(24)20-15-9-4-10-16-20/h2-17,21-24H,1H3/t17-,21-,22+/m1/s1. The third kappa shape index (κ3) is 3.91. The first-order valence-electron chi connectivity index (χ1n) is 8.34. The van der Waals surface area contributed by atoms with Crippen molar-refractivity contribution in [2.45, 2.75) is 25.1 Å². The number of hydrogen-bond acceptors (Lipinski definition) is 2. The predicted octanol–water partition coefficient (Wildman–Crippen LogP) is 4.81. The van der Waals surface area contributed by atoms with Crippen molar-refractivity contribution in [2.75, 3.05) is 0 Å². The zero-order chi connectivity index (χ0) is 16.8. The highest BCUT2D eigenvalue weighted by atomic mass is 16.3. The lowest BCUT2D eigenvalue weighted by Gasteiger charge is -2.28. The molecular formula is C22H23NO. The molecule has 24 heavy (non-hydrogen) atoms. The van der Waals surface area contributed by atoms with E-state index in [0.717, 1.165) is 11.1 Å². The summed E-state index contributed by atoms with van der Waals surface area (Å²) >= 11 is 0. The van der Waals surface area contributed by atoms with E-state index in [9.17, 15) is 5.11 Å². The molecule has 3 atom stereocenters. The van der Waals surface area contributed by atoms with E-state index >= 15 is 0 Å². The van der Waals surface area contributed by atoms with Crippen molar-refractivity contribution in [2.24, 2.45) is 0 Å². The minimum atomic E-state index is -0.611. The number of aliphatic hydroxyl groups excluding tert-OH is 1. The Labute approximate surface area is 143 Å². The topological polar surface area (TPSA) is 32.3 Å². The molecule has 0 aliphatic carbocycles. The molecule has 0 fully saturated rings. The van der Waals surface area contributed by atoms with Crippen LogP contribution in [0.5, 0.6) is 0 Å². The van der Waals surface area contributed by atoms with Crippen molar-refractivity contribution >= 4 is 0 Å². The Kier molecular flexibility index (Phi) is 5.42. The lowest BCUT2D eigenvalue weighted by atomic mass is 9.94. The smallest absolute Gasteiger partial charge is 0.0984 e. The van der Waals surface area contributed by atoms with E-state index in [1.165, 1.54) is 5.56 Å². The van der Waals surface area contributed by atoms with E-state index in [4.69, 9.17) is 0 Å². The monoisotopic (exact) mass is 317 g/mol. The van der Waals surface area contributed by atoms with Gasteiger partial charge in [-0.1, -0.05) is 91.0 Å². The largest absolute Gasteiger partial charge is 0.386 e. The normalized spacial score (nSPS) is 14.8. The summed E-state index contributed by atoms with van der Waals surface area (Å²) in [6.07, 6.45) is -0.611. The zero-order valence-corrected chi connectivity index (χ0v) is 13.8. The Bertz CT molecular complexity index is 728. The molecule has 0 unspecified atom stereocenters.